The van der Waals surface area contributed by atoms with Gasteiger partial charge in [0.05, 0.1) is 17.4 Å². The van der Waals surface area contributed by atoms with Gasteiger partial charge < -0.3 is 26.2 Å². The van der Waals surface area contributed by atoms with Crippen LogP contribution in [-0.2, 0) is 4.79 Å². The van der Waals surface area contributed by atoms with Crippen LogP contribution in [0, 0.1) is 5.92 Å². The van der Waals surface area contributed by atoms with Crippen molar-refractivity contribution in [1.82, 2.24) is 5.32 Å². The van der Waals surface area contributed by atoms with E-state index >= 15 is 0 Å². The monoisotopic (exact) mass is 421 g/mol. The molecule has 0 saturated carbocycles. The normalized spacial score (nSPS) is 23.3. The number of nitrogens with zero attached hydrogens (tertiary/aromatic N) is 2. The van der Waals surface area contributed by atoms with Gasteiger partial charge in [-0.05, 0) is 42.8 Å². The van der Waals surface area contributed by atoms with Gasteiger partial charge in [0, 0.05) is 56.3 Å². The molecule has 0 spiro atoms. The van der Waals surface area contributed by atoms with Crippen molar-refractivity contribution in [3.8, 4) is 0 Å². The van der Waals surface area contributed by atoms with Crippen LogP contribution >= 0.6 is 0 Å². The van der Waals surface area contributed by atoms with Crippen molar-refractivity contribution in [2.75, 3.05) is 41.3 Å². The lowest BCUT2D eigenvalue weighted by Crippen LogP contribution is -2.48. The molecule has 0 bridgehead atoms. The minimum atomic E-state index is -0.469. The quantitative estimate of drug-likeness (QED) is 0.706. The van der Waals surface area contributed by atoms with Gasteiger partial charge in [-0.15, -0.1) is 0 Å². The van der Waals surface area contributed by atoms with Gasteiger partial charge in [0.25, 0.3) is 0 Å². The summed E-state index contributed by atoms with van der Waals surface area (Å²) < 4.78 is 0. The number of amides is 2. The predicted molar refractivity (Wildman–Crippen MR) is 125 cm³/mol. The second-order valence-electron chi connectivity index (χ2n) is 8.50. The lowest BCUT2D eigenvalue weighted by molar-refractivity contribution is -0.117. The zero-order valence-electron chi connectivity index (χ0n) is 18.4. The number of hydrogen-bond acceptors (Lipinski definition) is 5. The SMILES string of the molecule is CC(=O)N1c2ccc(C(N)=O)cc2[C@H](Nc2ccccc2N2CCNCC2)[C@@H](C)[C@@H]1C. The Morgan fingerprint density at radius 2 is 1.77 bits per heavy atom. The predicted octanol–water partition coefficient (Wildman–Crippen LogP) is 2.74. The van der Waals surface area contributed by atoms with Crippen molar-refractivity contribution in [1.29, 1.82) is 0 Å². The fourth-order valence-electron chi connectivity index (χ4n) is 4.80. The molecule has 31 heavy (non-hydrogen) atoms. The van der Waals surface area contributed by atoms with Crippen molar-refractivity contribution in [2.45, 2.75) is 32.9 Å². The minimum Gasteiger partial charge on any atom is -0.376 e. The molecule has 3 atom stereocenters. The van der Waals surface area contributed by atoms with Gasteiger partial charge in [-0.25, -0.2) is 0 Å². The summed E-state index contributed by atoms with van der Waals surface area (Å²) in [7, 11) is 0. The highest BCUT2D eigenvalue weighted by atomic mass is 16.2. The summed E-state index contributed by atoms with van der Waals surface area (Å²) in [6.45, 7) is 9.64. The molecule has 0 aliphatic carbocycles. The number of piperazine rings is 1. The summed E-state index contributed by atoms with van der Waals surface area (Å²) in [4.78, 5) is 28.6. The molecule has 2 heterocycles. The molecule has 0 unspecified atom stereocenters. The van der Waals surface area contributed by atoms with Crippen molar-refractivity contribution in [3.63, 3.8) is 0 Å². The molecule has 4 N–H and O–H groups in total. The van der Waals surface area contributed by atoms with Gasteiger partial charge in [0.1, 0.15) is 0 Å². The number of para-hydroxylation sites is 2. The zero-order chi connectivity index (χ0) is 22.1. The molecule has 0 radical (unpaired) electrons. The number of hydrogen-bond donors (Lipinski definition) is 3. The Morgan fingerprint density at radius 3 is 2.45 bits per heavy atom. The Morgan fingerprint density at radius 1 is 1.06 bits per heavy atom. The Labute approximate surface area is 183 Å². The third kappa shape index (κ3) is 3.97. The lowest BCUT2D eigenvalue weighted by Gasteiger charge is -2.44. The van der Waals surface area contributed by atoms with E-state index in [9.17, 15) is 9.59 Å². The highest BCUT2D eigenvalue weighted by Gasteiger charge is 2.38. The van der Waals surface area contributed by atoms with Crippen LogP contribution in [0.15, 0.2) is 42.5 Å². The molecule has 0 aromatic heterocycles. The van der Waals surface area contributed by atoms with E-state index in [1.54, 1.807) is 13.0 Å². The van der Waals surface area contributed by atoms with E-state index in [1.807, 2.05) is 23.1 Å². The van der Waals surface area contributed by atoms with Crippen LogP contribution in [0.3, 0.4) is 0 Å². The first kappa shape index (κ1) is 21.2. The zero-order valence-corrected chi connectivity index (χ0v) is 18.4. The van der Waals surface area contributed by atoms with Crippen LogP contribution in [0.5, 0.6) is 0 Å². The number of nitrogens with two attached hydrogens (primary N) is 1. The molecule has 2 aliphatic heterocycles. The molecule has 2 amide bonds. The van der Waals surface area contributed by atoms with Crippen LogP contribution in [0.2, 0.25) is 0 Å². The van der Waals surface area contributed by atoms with Crippen LogP contribution < -0.4 is 26.2 Å². The van der Waals surface area contributed by atoms with Gasteiger partial charge in [0.15, 0.2) is 0 Å². The molecule has 7 nitrogen and oxygen atoms in total. The number of carbonyl (C=O) groups is 2. The molecule has 2 aliphatic rings. The molecule has 164 valence electrons. The van der Waals surface area contributed by atoms with E-state index in [0.717, 1.165) is 43.1 Å². The molecule has 2 aromatic rings. The standard InChI is InChI=1S/C24H31N5O2/c1-15-16(2)29(17(3)30)21-9-8-18(24(25)31)14-19(21)23(15)27-20-6-4-5-7-22(20)28-12-10-26-11-13-28/h4-9,14-16,23,26-27H,10-13H2,1-3H3,(H2,25,31)/t15-,16-,23+/m0/s1. The molecule has 2 aromatic carbocycles. The smallest absolute Gasteiger partial charge is 0.248 e. The Bertz CT molecular complexity index is 986. The summed E-state index contributed by atoms with van der Waals surface area (Å²) >= 11 is 0. The maximum absolute atomic E-state index is 12.5. The number of nitrogens with one attached hydrogen (secondary N) is 2. The van der Waals surface area contributed by atoms with Crippen molar-refractivity contribution < 1.29 is 9.59 Å². The molecule has 1 fully saturated rings. The number of carbonyl (C=O) groups excluding carboxylic acids is 2. The van der Waals surface area contributed by atoms with E-state index in [1.165, 1.54) is 5.69 Å². The van der Waals surface area contributed by atoms with Crippen LogP contribution in [-0.4, -0.2) is 44.0 Å². The lowest BCUT2D eigenvalue weighted by atomic mass is 9.82. The molecule has 1 saturated heterocycles. The van der Waals surface area contributed by atoms with Crippen LogP contribution in [0.1, 0.15) is 42.7 Å². The van der Waals surface area contributed by atoms with Gasteiger partial charge in [0.2, 0.25) is 11.8 Å². The summed E-state index contributed by atoms with van der Waals surface area (Å²) in [6.07, 6.45) is 0. The number of fused-ring (bicyclic) bond motifs is 1. The highest BCUT2D eigenvalue weighted by molar-refractivity contribution is 5.97. The van der Waals surface area contributed by atoms with Crippen molar-refractivity contribution in [3.05, 3.63) is 53.6 Å². The molecular formula is C24H31N5O2. The fourth-order valence-corrected chi connectivity index (χ4v) is 4.80. The molecule has 7 heteroatoms. The number of rotatable bonds is 4. The number of primary amides is 1. The first-order valence-corrected chi connectivity index (χ1v) is 10.9. The first-order valence-electron chi connectivity index (χ1n) is 10.9. The Hall–Kier alpha value is -3.06. The summed E-state index contributed by atoms with van der Waals surface area (Å²) in [5.74, 6) is -0.355. The topological polar surface area (TPSA) is 90.7 Å². The molecular weight excluding hydrogens is 390 g/mol. The average Bonchev–Trinajstić information content (AvgIpc) is 2.77. The Balaban J connectivity index is 1.77. The van der Waals surface area contributed by atoms with E-state index in [2.05, 4.69) is 47.6 Å². The summed E-state index contributed by atoms with van der Waals surface area (Å²) in [5.41, 5.74) is 10.0. The third-order valence-electron chi connectivity index (χ3n) is 6.61. The summed E-state index contributed by atoms with van der Waals surface area (Å²) in [6, 6.07) is 13.7. The average molecular weight is 422 g/mol. The van der Waals surface area contributed by atoms with Crippen LogP contribution in [0.25, 0.3) is 0 Å². The van der Waals surface area contributed by atoms with E-state index < -0.39 is 5.91 Å². The van der Waals surface area contributed by atoms with Crippen molar-refractivity contribution in [2.24, 2.45) is 11.7 Å². The highest BCUT2D eigenvalue weighted by Crippen LogP contribution is 2.44. The van der Waals surface area contributed by atoms with Gasteiger partial charge in [-0.2, -0.15) is 0 Å². The van der Waals surface area contributed by atoms with E-state index in [-0.39, 0.29) is 23.9 Å². The second kappa shape index (κ2) is 8.59. The third-order valence-corrected chi connectivity index (χ3v) is 6.61. The number of anilines is 3. The molecule has 4 rings (SSSR count). The Kier molecular flexibility index (Phi) is 5.87. The van der Waals surface area contributed by atoms with E-state index in [0.29, 0.717) is 5.56 Å². The van der Waals surface area contributed by atoms with E-state index in [4.69, 9.17) is 5.73 Å². The minimum absolute atomic E-state index is 0.00732. The van der Waals surface area contributed by atoms with Gasteiger partial charge in [-0.1, -0.05) is 19.1 Å². The number of benzene rings is 2. The van der Waals surface area contributed by atoms with Gasteiger partial charge in [-0.3, -0.25) is 9.59 Å². The maximum Gasteiger partial charge on any atom is 0.248 e. The van der Waals surface area contributed by atoms with Crippen molar-refractivity contribution >= 4 is 28.9 Å². The second-order valence-corrected chi connectivity index (χ2v) is 8.50. The fraction of sp³-hybridized carbons (Fsp3) is 0.417. The van der Waals surface area contributed by atoms with Gasteiger partial charge >= 0.3 is 0 Å². The van der Waals surface area contributed by atoms with Crippen LogP contribution in [0.4, 0.5) is 17.1 Å². The summed E-state index contributed by atoms with van der Waals surface area (Å²) in [5, 5.41) is 7.16. The maximum atomic E-state index is 12.5. The largest absolute Gasteiger partial charge is 0.376 e. The first-order chi connectivity index (χ1) is 14.9.